The zero-order chi connectivity index (χ0) is 15.8. The average Bonchev–Trinajstić information content (AvgIpc) is 3.17. The summed E-state index contributed by atoms with van der Waals surface area (Å²) >= 11 is 1.77. The van der Waals surface area contributed by atoms with Crippen molar-refractivity contribution in [2.45, 2.75) is 32.6 Å². The zero-order valence-electron chi connectivity index (χ0n) is 13.7. The van der Waals surface area contributed by atoms with Crippen LogP contribution < -0.4 is 10.6 Å². The van der Waals surface area contributed by atoms with Gasteiger partial charge in [0, 0.05) is 37.4 Å². The van der Waals surface area contributed by atoms with Crippen molar-refractivity contribution in [1.29, 1.82) is 0 Å². The molecule has 23 heavy (non-hydrogen) atoms. The number of aromatic nitrogens is 2. The second-order valence-corrected chi connectivity index (χ2v) is 6.24. The van der Waals surface area contributed by atoms with Gasteiger partial charge in [-0.3, -0.25) is 4.99 Å². The Bertz CT molecular complexity index is 582. The Morgan fingerprint density at radius 2 is 2.04 bits per heavy atom. The van der Waals surface area contributed by atoms with Crippen LogP contribution in [0.5, 0.6) is 0 Å². The number of halogens is 1. The topological polar surface area (TPSA) is 75.3 Å². The number of hydrogen-bond acceptors (Lipinski definition) is 5. The van der Waals surface area contributed by atoms with Crippen LogP contribution in [0.2, 0.25) is 0 Å². The summed E-state index contributed by atoms with van der Waals surface area (Å²) in [7, 11) is 1.77. The summed E-state index contributed by atoms with van der Waals surface area (Å²) < 4.78 is 5.21. The van der Waals surface area contributed by atoms with Gasteiger partial charge in [-0.1, -0.05) is 25.1 Å². The summed E-state index contributed by atoms with van der Waals surface area (Å²) in [6, 6.07) is 4.22. The summed E-state index contributed by atoms with van der Waals surface area (Å²) in [5.74, 6) is 2.50. The maximum absolute atomic E-state index is 5.21. The van der Waals surface area contributed by atoms with Crippen LogP contribution in [0.25, 0.3) is 0 Å². The Labute approximate surface area is 158 Å². The molecule has 0 fully saturated rings. The highest BCUT2D eigenvalue weighted by Crippen LogP contribution is 2.09. The van der Waals surface area contributed by atoms with Gasteiger partial charge in [0.05, 0.1) is 0 Å². The molecular formula is C15H24IN5OS. The Hall–Kier alpha value is -1.16. The van der Waals surface area contributed by atoms with E-state index in [9.17, 15) is 0 Å². The standard InChI is InChI=1S/C15H23N5OS.HI/c1-11(2)14-19-13(21-20-14)7-9-18-15(16-3)17-8-6-12-5-4-10-22-12;/h4-5,10-11H,6-9H2,1-3H3,(H2,16,17,18);1H. The molecule has 0 aliphatic rings. The fraction of sp³-hybridized carbons (Fsp3) is 0.533. The van der Waals surface area contributed by atoms with Gasteiger partial charge in [0.15, 0.2) is 11.8 Å². The van der Waals surface area contributed by atoms with Crippen LogP contribution >= 0.6 is 35.3 Å². The number of guanidine groups is 1. The van der Waals surface area contributed by atoms with Crippen molar-refractivity contribution >= 4 is 41.3 Å². The molecule has 0 unspecified atom stereocenters. The lowest BCUT2D eigenvalue weighted by molar-refractivity contribution is 0.371. The van der Waals surface area contributed by atoms with Gasteiger partial charge in [-0.15, -0.1) is 35.3 Å². The van der Waals surface area contributed by atoms with Gasteiger partial charge in [0.1, 0.15) is 0 Å². The lowest BCUT2D eigenvalue weighted by Gasteiger charge is -2.10. The van der Waals surface area contributed by atoms with Crippen molar-refractivity contribution in [3.05, 3.63) is 34.1 Å². The first-order valence-electron chi connectivity index (χ1n) is 7.48. The largest absolute Gasteiger partial charge is 0.356 e. The van der Waals surface area contributed by atoms with E-state index in [1.165, 1.54) is 4.88 Å². The van der Waals surface area contributed by atoms with Crippen molar-refractivity contribution in [3.8, 4) is 0 Å². The summed E-state index contributed by atoms with van der Waals surface area (Å²) in [6.07, 6.45) is 1.69. The lowest BCUT2D eigenvalue weighted by atomic mass is 10.2. The molecule has 2 aromatic rings. The molecule has 2 heterocycles. The monoisotopic (exact) mass is 449 g/mol. The van der Waals surface area contributed by atoms with Crippen molar-refractivity contribution in [1.82, 2.24) is 20.8 Å². The summed E-state index contributed by atoms with van der Waals surface area (Å²) in [4.78, 5) is 9.92. The molecule has 0 saturated heterocycles. The third-order valence-corrected chi connectivity index (χ3v) is 4.04. The number of nitrogens with one attached hydrogen (secondary N) is 2. The Morgan fingerprint density at radius 1 is 1.30 bits per heavy atom. The smallest absolute Gasteiger partial charge is 0.228 e. The first kappa shape index (κ1) is 19.9. The third kappa shape index (κ3) is 6.86. The van der Waals surface area contributed by atoms with Gasteiger partial charge < -0.3 is 15.2 Å². The maximum atomic E-state index is 5.21. The van der Waals surface area contributed by atoms with Crippen LogP contribution in [0.3, 0.4) is 0 Å². The molecule has 2 rings (SSSR count). The predicted molar refractivity (Wildman–Crippen MR) is 105 cm³/mol. The number of nitrogens with zero attached hydrogens (tertiary/aromatic N) is 3. The predicted octanol–water partition coefficient (Wildman–Crippen LogP) is 2.82. The Balaban J connectivity index is 0.00000264. The first-order chi connectivity index (χ1) is 10.7. The number of aliphatic imine (C=N–C) groups is 1. The Kier molecular flexibility index (Phi) is 9.15. The molecular weight excluding hydrogens is 425 g/mol. The van der Waals surface area contributed by atoms with E-state index in [4.69, 9.17) is 4.52 Å². The molecule has 0 atom stereocenters. The van der Waals surface area contributed by atoms with E-state index >= 15 is 0 Å². The second-order valence-electron chi connectivity index (χ2n) is 5.21. The maximum Gasteiger partial charge on any atom is 0.228 e. The van der Waals surface area contributed by atoms with Gasteiger partial charge in [0.2, 0.25) is 5.89 Å². The minimum Gasteiger partial charge on any atom is -0.356 e. The van der Waals surface area contributed by atoms with E-state index in [1.54, 1.807) is 18.4 Å². The first-order valence-corrected chi connectivity index (χ1v) is 8.36. The highest BCUT2D eigenvalue weighted by atomic mass is 127. The minimum absolute atomic E-state index is 0. The Morgan fingerprint density at radius 3 is 2.61 bits per heavy atom. The second kappa shape index (κ2) is 10.6. The van der Waals surface area contributed by atoms with E-state index in [1.807, 2.05) is 13.8 Å². The molecule has 0 aliphatic heterocycles. The normalized spacial score (nSPS) is 11.4. The molecule has 8 heteroatoms. The fourth-order valence-corrected chi connectivity index (χ4v) is 2.58. The minimum atomic E-state index is 0. The molecule has 0 saturated carbocycles. The van der Waals surface area contributed by atoms with E-state index in [0.717, 1.165) is 24.7 Å². The summed E-state index contributed by atoms with van der Waals surface area (Å²) in [5.41, 5.74) is 0. The van der Waals surface area contributed by atoms with Gasteiger partial charge in [-0.25, -0.2) is 0 Å². The van der Waals surface area contributed by atoms with Crippen LogP contribution in [-0.4, -0.2) is 36.2 Å². The average molecular weight is 449 g/mol. The van der Waals surface area contributed by atoms with Crippen LogP contribution in [-0.2, 0) is 12.8 Å². The third-order valence-electron chi connectivity index (χ3n) is 3.10. The molecule has 0 radical (unpaired) electrons. The molecule has 128 valence electrons. The van der Waals surface area contributed by atoms with E-state index in [-0.39, 0.29) is 29.9 Å². The summed E-state index contributed by atoms with van der Waals surface area (Å²) in [5, 5.41) is 12.6. The van der Waals surface area contributed by atoms with Crippen LogP contribution in [0, 0.1) is 0 Å². The molecule has 0 aromatic carbocycles. The number of hydrogen-bond donors (Lipinski definition) is 2. The van der Waals surface area contributed by atoms with Crippen LogP contribution in [0.1, 0.15) is 36.4 Å². The zero-order valence-corrected chi connectivity index (χ0v) is 16.9. The molecule has 0 bridgehead atoms. The molecule has 0 amide bonds. The molecule has 6 nitrogen and oxygen atoms in total. The van der Waals surface area contributed by atoms with Crippen molar-refractivity contribution in [3.63, 3.8) is 0 Å². The van der Waals surface area contributed by atoms with Crippen molar-refractivity contribution in [2.24, 2.45) is 4.99 Å². The fourth-order valence-electron chi connectivity index (χ4n) is 1.87. The van der Waals surface area contributed by atoms with E-state index in [0.29, 0.717) is 18.9 Å². The van der Waals surface area contributed by atoms with E-state index < -0.39 is 0 Å². The van der Waals surface area contributed by atoms with Crippen molar-refractivity contribution < 1.29 is 4.52 Å². The van der Waals surface area contributed by atoms with Gasteiger partial charge in [-0.2, -0.15) is 4.98 Å². The molecule has 2 N–H and O–H groups in total. The van der Waals surface area contributed by atoms with Gasteiger partial charge in [-0.05, 0) is 17.9 Å². The highest BCUT2D eigenvalue weighted by Gasteiger charge is 2.09. The highest BCUT2D eigenvalue weighted by molar-refractivity contribution is 14.0. The molecule has 0 aliphatic carbocycles. The quantitative estimate of drug-likeness (QED) is 0.386. The van der Waals surface area contributed by atoms with Gasteiger partial charge in [0.25, 0.3) is 0 Å². The van der Waals surface area contributed by atoms with E-state index in [2.05, 4.69) is 43.3 Å². The van der Waals surface area contributed by atoms with Crippen LogP contribution in [0.15, 0.2) is 27.0 Å². The van der Waals surface area contributed by atoms with Gasteiger partial charge >= 0.3 is 0 Å². The number of thiophene rings is 1. The SMILES string of the molecule is CN=C(NCCc1nc(C(C)C)no1)NCCc1cccs1.I. The van der Waals surface area contributed by atoms with Crippen LogP contribution in [0.4, 0.5) is 0 Å². The number of rotatable bonds is 7. The summed E-state index contributed by atoms with van der Waals surface area (Å²) in [6.45, 7) is 5.66. The lowest BCUT2D eigenvalue weighted by Crippen LogP contribution is -2.39. The van der Waals surface area contributed by atoms with Crippen molar-refractivity contribution in [2.75, 3.05) is 20.1 Å². The molecule has 0 spiro atoms. The molecule has 2 aromatic heterocycles.